The number of piperidine rings is 1. The van der Waals surface area contributed by atoms with Gasteiger partial charge in [0, 0.05) is 6.42 Å². The molecule has 2 heterocycles. The molecule has 2 aliphatic heterocycles. The number of anilines is 1. The average molecular weight is 473 g/mol. The zero-order chi connectivity index (χ0) is 24.0. The van der Waals surface area contributed by atoms with Gasteiger partial charge in [-0.05, 0) is 92.2 Å². The second-order valence-corrected chi connectivity index (χ2v) is 9.63. The zero-order valence-electron chi connectivity index (χ0n) is 20.2. The van der Waals surface area contributed by atoms with Crippen LogP contribution in [0.1, 0.15) is 48.3 Å². The smallest absolute Gasteiger partial charge is 0.227 e. The van der Waals surface area contributed by atoms with Crippen molar-refractivity contribution in [1.82, 2.24) is 4.90 Å². The molecule has 1 amide bonds. The molecule has 5 rings (SSSR count). The third-order valence-corrected chi connectivity index (χ3v) is 7.25. The van der Waals surface area contributed by atoms with Crippen LogP contribution in [0.4, 0.5) is 10.1 Å². The highest BCUT2D eigenvalue weighted by Crippen LogP contribution is 2.32. The fraction of sp³-hybridized carbons (Fsp3) is 0.367. The lowest BCUT2D eigenvalue weighted by atomic mass is 9.88. The van der Waals surface area contributed by atoms with Crippen molar-refractivity contribution < 1.29 is 13.9 Å². The van der Waals surface area contributed by atoms with E-state index in [1.807, 2.05) is 41.3 Å². The van der Waals surface area contributed by atoms with Gasteiger partial charge in [-0.1, -0.05) is 48.5 Å². The molecule has 0 saturated carbocycles. The van der Waals surface area contributed by atoms with Gasteiger partial charge < -0.3 is 14.5 Å². The van der Waals surface area contributed by atoms with Crippen LogP contribution >= 0.6 is 0 Å². The van der Waals surface area contributed by atoms with E-state index in [0.717, 1.165) is 62.3 Å². The Balaban J connectivity index is 1.05. The summed E-state index contributed by atoms with van der Waals surface area (Å²) in [6, 6.07) is 23.5. The second kappa shape index (κ2) is 11.0. The third kappa shape index (κ3) is 5.91. The monoisotopic (exact) mass is 472 g/mol. The number of likely N-dealkylation sites (tertiary alicyclic amines) is 1. The van der Waals surface area contributed by atoms with Crippen LogP contribution in [0.15, 0.2) is 72.8 Å². The van der Waals surface area contributed by atoms with Gasteiger partial charge >= 0.3 is 0 Å². The minimum absolute atomic E-state index is 0.190. The van der Waals surface area contributed by atoms with Crippen molar-refractivity contribution in [1.29, 1.82) is 0 Å². The van der Waals surface area contributed by atoms with Crippen LogP contribution in [0, 0.1) is 5.82 Å². The molecular weight excluding hydrogens is 439 g/mol. The number of hydrogen-bond donors (Lipinski definition) is 0. The van der Waals surface area contributed by atoms with E-state index >= 15 is 0 Å². The second-order valence-electron chi connectivity index (χ2n) is 9.63. The minimum Gasteiger partial charge on any atom is -0.490 e. The first-order chi connectivity index (χ1) is 17.2. The number of benzene rings is 3. The fourth-order valence-electron chi connectivity index (χ4n) is 5.25. The number of halogens is 1. The summed E-state index contributed by atoms with van der Waals surface area (Å²) < 4.78 is 18.8. The molecular formula is C30H33FN2O2. The largest absolute Gasteiger partial charge is 0.490 e. The van der Waals surface area contributed by atoms with E-state index < -0.39 is 0 Å². The number of ether oxygens (including phenoxy) is 1. The van der Waals surface area contributed by atoms with E-state index in [1.54, 1.807) is 0 Å². The molecule has 4 nitrogen and oxygen atoms in total. The van der Waals surface area contributed by atoms with Crippen LogP contribution in [-0.2, 0) is 11.2 Å². The van der Waals surface area contributed by atoms with E-state index in [-0.39, 0.29) is 11.7 Å². The first kappa shape index (κ1) is 23.6. The van der Waals surface area contributed by atoms with Crippen LogP contribution < -0.4 is 9.64 Å². The van der Waals surface area contributed by atoms with E-state index in [4.69, 9.17) is 4.74 Å². The predicted octanol–water partition coefficient (Wildman–Crippen LogP) is 5.80. The van der Waals surface area contributed by atoms with Crippen molar-refractivity contribution in [3.05, 3.63) is 95.3 Å². The van der Waals surface area contributed by atoms with Gasteiger partial charge in [-0.3, -0.25) is 4.79 Å². The van der Waals surface area contributed by atoms with Gasteiger partial charge in [0.15, 0.2) is 0 Å². The number of para-hydroxylation sites is 2. The summed E-state index contributed by atoms with van der Waals surface area (Å²) in [5.74, 6) is 1.40. The van der Waals surface area contributed by atoms with Crippen molar-refractivity contribution in [2.45, 2.75) is 38.0 Å². The third-order valence-electron chi connectivity index (χ3n) is 7.25. The first-order valence-corrected chi connectivity index (χ1v) is 12.7. The number of carbonyl (C=O) groups is 1. The molecule has 35 heavy (non-hydrogen) atoms. The summed E-state index contributed by atoms with van der Waals surface area (Å²) in [5.41, 5.74) is 4.69. The molecule has 3 aromatic rings. The number of rotatable bonds is 7. The number of fused-ring (bicyclic) bond motifs is 1. The fourth-order valence-corrected chi connectivity index (χ4v) is 5.25. The van der Waals surface area contributed by atoms with Crippen molar-refractivity contribution in [3.63, 3.8) is 0 Å². The Labute approximate surface area is 207 Å². The van der Waals surface area contributed by atoms with Gasteiger partial charge in [0.25, 0.3) is 0 Å². The molecule has 0 atom stereocenters. The van der Waals surface area contributed by atoms with E-state index in [2.05, 4.69) is 29.2 Å². The van der Waals surface area contributed by atoms with Crippen molar-refractivity contribution >= 4 is 11.6 Å². The lowest BCUT2D eigenvalue weighted by molar-refractivity contribution is -0.119. The summed E-state index contributed by atoms with van der Waals surface area (Å²) in [5, 5.41) is 0. The molecule has 182 valence electrons. The van der Waals surface area contributed by atoms with Crippen LogP contribution in [0.3, 0.4) is 0 Å². The summed E-state index contributed by atoms with van der Waals surface area (Å²) in [6.45, 7) is 4.32. The van der Waals surface area contributed by atoms with Gasteiger partial charge in [-0.15, -0.1) is 0 Å². The zero-order valence-corrected chi connectivity index (χ0v) is 20.2. The van der Waals surface area contributed by atoms with Gasteiger partial charge in [-0.25, -0.2) is 4.39 Å². The van der Waals surface area contributed by atoms with Gasteiger partial charge in [0.2, 0.25) is 5.91 Å². The Morgan fingerprint density at radius 3 is 2.31 bits per heavy atom. The maximum absolute atomic E-state index is 13.1. The number of carbonyl (C=O) groups excluding carboxylic acids is 1. The average Bonchev–Trinajstić information content (AvgIpc) is 2.90. The molecule has 0 aliphatic carbocycles. The van der Waals surface area contributed by atoms with Gasteiger partial charge in [0.05, 0.1) is 12.2 Å². The van der Waals surface area contributed by atoms with Crippen molar-refractivity contribution in [2.24, 2.45) is 0 Å². The summed E-state index contributed by atoms with van der Waals surface area (Å²) in [4.78, 5) is 17.2. The molecule has 0 unspecified atom stereocenters. The first-order valence-electron chi connectivity index (χ1n) is 12.7. The predicted molar refractivity (Wildman–Crippen MR) is 138 cm³/mol. The molecule has 0 radical (unpaired) electrons. The lowest BCUT2D eigenvalue weighted by Crippen LogP contribution is -2.38. The maximum atomic E-state index is 13.1. The Morgan fingerprint density at radius 1 is 0.886 bits per heavy atom. The molecule has 0 N–H and O–H groups in total. The van der Waals surface area contributed by atoms with Crippen molar-refractivity contribution in [3.8, 4) is 5.75 Å². The Kier molecular flexibility index (Phi) is 7.43. The maximum Gasteiger partial charge on any atom is 0.227 e. The molecule has 0 aromatic heterocycles. The molecule has 0 spiro atoms. The molecule has 2 aliphatic rings. The van der Waals surface area contributed by atoms with Crippen molar-refractivity contribution in [2.75, 3.05) is 37.7 Å². The quantitative estimate of drug-likeness (QED) is 0.436. The molecule has 1 saturated heterocycles. The highest BCUT2D eigenvalue weighted by molar-refractivity contribution is 5.95. The van der Waals surface area contributed by atoms with Crippen LogP contribution in [0.25, 0.3) is 0 Å². The Hall–Kier alpha value is -3.18. The highest BCUT2D eigenvalue weighted by Gasteiger charge is 2.24. The SMILES string of the molecule is O=C(CCCN1CCC(c2ccc(Cc3ccc(F)cc3)cc2)CC1)N1CCOc2ccccc21. The van der Waals surface area contributed by atoms with Crippen LogP contribution in [0.5, 0.6) is 5.75 Å². The lowest BCUT2D eigenvalue weighted by Gasteiger charge is -2.33. The Morgan fingerprint density at radius 2 is 1.57 bits per heavy atom. The molecule has 3 aromatic carbocycles. The van der Waals surface area contributed by atoms with Gasteiger partial charge in [0.1, 0.15) is 18.2 Å². The van der Waals surface area contributed by atoms with E-state index in [9.17, 15) is 9.18 Å². The molecule has 1 fully saturated rings. The Bertz CT molecular complexity index is 1120. The topological polar surface area (TPSA) is 32.8 Å². The highest BCUT2D eigenvalue weighted by atomic mass is 19.1. The van der Waals surface area contributed by atoms with E-state index in [0.29, 0.717) is 25.5 Å². The van der Waals surface area contributed by atoms with E-state index in [1.165, 1.54) is 23.3 Å². The number of nitrogens with zero attached hydrogens (tertiary/aromatic N) is 2. The standard InChI is InChI=1S/C30H33FN2O2/c31-27-13-9-24(10-14-27)22-23-7-11-25(12-8-23)26-15-18-32(19-16-26)17-3-6-30(34)33-20-21-35-29-5-2-1-4-28(29)33/h1-2,4-5,7-14,26H,3,6,15-22H2. The normalized spacial score (nSPS) is 16.5. The molecule has 5 heteroatoms. The molecule has 0 bridgehead atoms. The van der Waals surface area contributed by atoms with Crippen LogP contribution in [0.2, 0.25) is 0 Å². The van der Waals surface area contributed by atoms with Crippen LogP contribution in [-0.4, -0.2) is 43.6 Å². The summed E-state index contributed by atoms with van der Waals surface area (Å²) in [7, 11) is 0. The number of amides is 1. The number of hydrogen-bond acceptors (Lipinski definition) is 3. The van der Waals surface area contributed by atoms with Gasteiger partial charge in [-0.2, -0.15) is 0 Å². The minimum atomic E-state index is -0.190. The summed E-state index contributed by atoms with van der Waals surface area (Å²) >= 11 is 0. The summed E-state index contributed by atoms with van der Waals surface area (Å²) in [6.07, 6.45) is 4.60.